The molecule has 0 aromatic heterocycles. The average molecular weight is 344 g/mol. The summed E-state index contributed by atoms with van der Waals surface area (Å²) in [6.07, 6.45) is 6.80. The first-order valence-electron chi connectivity index (χ1n) is 7.52. The van der Waals surface area contributed by atoms with Gasteiger partial charge in [0.05, 0.1) is 5.69 Å². The van der Waals surface area contributed by atoms with Gasteiger partial charge in [-0.3, -0.25) is 4.79 Å². The van der Waals surface area contributed by atoms with Crippen LogP contribution in [0.3, 0.4) is 0 Å². The molecule has 0 bridgehead atoms. The standard InChI is InChI=1S/C19H21NOS2/c1-22-18-12-6-5-11-17(18)20-19(21)13-15-23-14-7-10-16-8-3-2-4-9-16/h2-12H,13-15H2,1H3,(H,20,21). The van der Waals surface area contributed by atoms with E-state index in [0.717, 1.165) is 22.1 Å². The van der Waals surface area contributed by atoms with E-state index in [-0.39, 0.29) is 5.91 Å². The first kappa shape index (κ1) is 17.7. The monoisotopic (exact) mass is 343 g/mol. The van der Waals surface area contributed by atoms with Gasteiger partial charge in [0.1, 0.15) is 0 Å². The van der Waals surface area contributed by atoms with Gasteiger partial charge in [-0.15, -0.1) is 11.8 Å². The Kier molecular flexibility index (Phi) is 7.84. The van der Waals surface area contributed by atoms with E-state index >= 15 is 0 Å². The van der Waals surface area contributed by atoms with Gasteiger partial charge in [0.15, 0.2) is 0 Å². The van der Waals surface area contributed by atoms with Gasteiger partial charge in [0, 0.05) is 22.8 Å². The molecular formula is C19H21NOS2. The summed E-state index contributed by atoms with van der Waals surface area (Å²) in [5, 5.41) is 2.99. The smallest absolute Gasteiger partial charge is 0.225 e. The molecule has 0 atom stereocenters. The van der Waals surface area contributed by atoms with Crippen LogP contribution in [0.5, 0.6) is 0 Å². The van der Waals surface area contributed by atoms with Crippen molar-refractivity contribution < 1.29 is 4.79 Å². The number of anilines is 1. The molecular weight excluding hydrogens is 322 g/mol. The molecule has 0 aliphatic carbocycles. The first-order chi connectivity index (χ1) is 11.3. The molecule has 0 fully saturated rings. The SMILES string of the molecule is CSc1ccccc1NC(=O)CCSCC=Cc1ccccc1. The lowest BCUT2D eigenvalue weighted by atomic mass is 10.2. The van der Waals surface area contributed by atoms with Crippen molar-refractivity contribution in [1.29, 1.82) is 0 Å². The van der Waals surface area contributed by atoms with Gasteiger partial charge in [0.2, 0.25) is 5.91 Å². The van der Waals surface area contributed by atoms with Crippen LogP contribution in [0.25, 0.3) is 6.08 Å². The predicted octanol–water partition coefficient (Wildman–Crippen LogP) is 5.18. The molecule has 4 heteroatoms. The van der Waals surface area contributed by atoms with Crippen molar-refractivity contribution in [2.45, 2.75) is 11.3 Å². The van der Waals surface area contributed by atoms with Crippen molar-refractivity contribution in [2.24, 2.45) is 0 Å². The Bertz CT molecular complexity index is 641. The van der Waals surface area contributed by atoms with E-state index in [4.69, 9.17) is 0 Å². The molecule has 23 heavy (non-hydrogen) atoms. The van der Waals surface area contributed by atoms with E-state index in [1.807, 2.05) is 48.7 Å². The van der Waals surface area contributed by atoms with Gasteiger partial charge < -0.3 is 5.32 Å². The fraction of sp³-hybridized carbons (Fsp3) is 0.211. The van der Waals surface area contributed by atoms with Gasteiger partial charge in [-0.25, -0.2) is 0 Å². The molecule has 0 spiro atoms. The van der Waals surface area contributed by atoms with E-state index in [1.165, 1.54) is 5.56 Å². The van der Waals surface area contributed by atoms with Gasteiger partial charge in [-0.2, -0.15) is 11.8 Å². The Morgan fingerprint density at radius 3 is 2.61 bits per heavy atom. The number of hydrogen-bond donors (Lipinski definition) is 1. The molecule has 0 saturated carbocycles. The lowest BCUT2D eigenvalue weighted by Gasteiger charge is -2.08. The van der Waals surface area contributed by atoms with E-state index in [9.17, 15) is 4.79 Å². The molecule has 0 aliphatic heterocycles. The highest BCUT2D eigenvalue weighted by Gasteiger charge is 2.05. The molecule has 1 N–H and O–H groups in total. The third-order valence-electron chi connectivity index (χ3n) is 3.18. The van der Waals surface area contributed by atoms with E-state index in [1.54, 1.807) is 23.5 Å². The number of rotatable bonds is 8. The molecule has 2 rings (SSSR count). The second kappa shape index (κ2) is 10.2. The third-order valence-corrected chi connectivity index (χ3v) is 4.90. The van der Waals surface area contributed by atoms with E-state index in [2.05, 4.69) is 29.6 Å². The van der Waals surface area contributed by atoms with Gasteiger partial charge in [-0.05, 0) is 24.0 Å². The van der Waals surface area contributed by atoms with Gasteiger partial charge in [0.25, 0.3) is 0 Å². The quantitative estimate of drug-likeness (QED) is 0.529. The maximum absolute atomic E-state index is 12.0. The minimum atomic E-state index is 0.0750. The minimum absolute atomic E-state index is 0.0750. The third kappa shape index (κ3) is 6.55. The summed E-state index contributed by atoms with van der Waals surface area (Å²) in [6, 6.07) is 18.1. The van der Waals surface area contributed by atoms with Crippen LogP contribution in [0.2, 0.25) is 0 Å². The van der Waals surface area contributed by atoms with Gasteiger partial charge in [-0.1, -0.05) is 54.6 Å². The Hall–Kier alpha value is -1.65. The summed E-state index contributed by atoms with van der Waals surface area (Å²) in [4.78, 5) is 13.1. The van der Waals surface area contributed by atoms with Crippen molar-refractivity contribution in [3.05, 3.63) is 66.2 Å². The van der Waals surface area contributed by atoms with Crippen LogP contribution < -0.4 is 5.32 Å². The molecule has 1 amide bonds. The van der Waals surface area contributed by atoms with E-state index in [0.29, 0.717) is 6.42 Å². The molecule has 0 saturated heterocycles. The van der Waals surface area contributed by atoms with E-state index < -0.39 is 0 Å². The number of benzene rings is 2. The molecule has 0 heterocycles. The Morgan fingerprint density at radius 1 is 1.09 bits per heavy atom. The maximum Gasteiger partial charge on any atom is 0.225 e. The fourth-order valence-corrected chi connectivity index (χ4v) is 3.31. The number of carbonyl (C=O) groups is 1. The number of para-hydroxylation sites is 1. The molecule has 120 valence electrons. The van der Waals surface area contributed by atoms with Crippen LogP contribution >= 0.6 is 23.5 Å². The summed E-state index contributed by atoms with van der Waals surface area (Å²) < 4.78 is 0. The lowest BCUT2D eigenvalue weighted by Crippen LogP contribution is -2.12. The largest absolute Gasteiger partial charge is 0.325 e. The topological polar surface area (TPSA) is 29.1 Å². The van der Waals surface area contributed by atoms with Crippen LogP contribution in [-0.2, 0) is 4.79 Å². The molecule has 0 unspecified atom stereocenters. The summed E-state index contributed by atoms with van der Waals surface area (Å²) in [5.41, 5.74) is 2.11. The van der Waals surface area contributed by atoms with Crippen molar-refractivity contribution in [3.8, 4) is 0 Å². The molecule has 0 radical (unpaired) electrons. The molecule has 2 nitrogen and oxygen atoms in total. The number of nitrogens with one attached hydrogen (secondary N) is 1. The zero-order chi connectivity index (χ0) is 16.3. The lowest BCUT2D eigenvalue weighted by molar-refractivity contribution is -0.115. The molecule has 2 aromatic rings. The fourth-order valence-electron chi connectivity index (χ4n) is 2.03. The van der Waals surface area contributed by atoms with Crippen molar-refractivity contribution in [2.75, 3.05) is 23.1 Å². The van der Waals surface area contributed by atoms with Gasteiger partial charge >= 0.3 is 0 Å². The summed E-state index contributed by atoms with van der Waals surface area (Å²) in [6.45, 7) is 0. The summed E-state index contributed by atoms with van der Waals surface area (Å²) >= 11 is 3.41. The normalized spacial score (nSPS) is 10.8. The second-order valence-corrected chi connectivity index (χ2v) is 6.88. The zero-order valence-electron chi connectivity index (χ0n) is 13.2. The summed E-state index contributed by atoms with van der Waals surface area (Å²) in [7, 11) is 0. The molecule has 2 aromatic carbocycles. The van der Waals surface area contributed by atoms with Crippen molar-refractivity contribution in [3.63, 3.8) is 0 Å². The first-order valence-corrected chi connectivity index (χ1v) is 9.90. The number of hydrogen-bond acceptors (Lipinski definition) is 3. The zero-order valence-corrected chi connectivity index (χ0v) is 14.8. The van der Waals surface area contributed by atoms with Crippen LogP contribution in [-0.4, -0.2) is 23.7 Å². The highest BCUT2D eigenvalue weighted by Crippen LogP contribution is 2.24. The summed E-state index contributed by atoms with van der Waals surface area (Å²) in [5.74, 6) is 1.82. The maximum atomic E-state index is 12.0. The minimum Gasteiger partial charge on any atom is -0.325 e. The highest BCUT2D eigenvalue weighted by atomic mass is 32.2. The van der Waals surface area contributed by atoms with Crippen LogP contribution in [0.15, 0.2) is 65.6 Å². The van der Waals surface area contributed by atoms with Crippen LogP contribution in [0.1, 0.15) is 12.0 Å². The van der Waals surface area contributed by atoms with Crippen LogP contribution in [0.4, 0.5) is 5.69 Å². The Morgan fingerprint density at radius 2 is 1.83 bits per heavy atom. The average Bonchev–Trinajstić information content (AvgIpc) is 2.59. The second-order valence-electron chi connectivity index (χ2n) is 4.89. The number of amides is 1. The van der Waals surface area contributed by atoms with Crippen molar-refractivity contribution in [1.82, 2.24) is 0 Å². The Balaban J connectivity index is 1.66. The van der Waals surface area contributed by atoms with Crippen LogP contribution in [0, 0.1) is 0 Å². The predicted molar refractivity (Wildman–Crippen MR) is 104 cm³/mol. The van der Waals surface area contributed by atoms with Crippen molar-refractivity contribution >= 4 is 41.2 Å². The molecule has 0 aliphatic rings. The number of thioether (sulfide) groups is 2. The Labute approximate surface area is 146 Å². The highest BCUT2D eigenvalue weighted by molar-refractivity contribution is 7.99. The number of carbonyl (C=O) groups excluding carboxylic acids is 1.